The molecule has 1 unspecified atom stereocenters. The van der Waals surface area contributed by atoms with E-state index in [0.717, 1.165) is 0 Å². The zero-order valence-electron chi connectivity index (χ0n) is 10.6. The van der Waals surface area contributed by atoms with Crippen molar-refractivity contribution in [3.8, 4) is 6.07 Å². The second kappa shape index (κ2) is 5.74. The first-order valence-corrected chi connectivity index (χ1v) is 6.98. The number of benzene rings is 1. The molecule has 0 saturated carbocycles. The van der Waals surface area contributed by atoms with Gasteiger partial charge in [-0.25, -0.2) is 0 Å². The number of β-amino-alcohol motifs (C(OH)–C–C–N with tert-alkyl or cyclic N) is 1. The Kier molecular flexibility index (Phi) is 5.01. The number of halogens is 2. The average molecular weight is 379 g/mol. The van der Waals surface area contributed by atoms with E-state index in [-0.39, 0.29) is 5.54 Å². The van der Waals surface area contributed by atoms with Crippen LogP contribution in [0.3, 0.4) is 0 Å². The number of nitrogens with one attached hydrogen (secondary N) is 1. The van der Waals surface area contributed by atoms with E-state index < -0.39 is 3.61 Å². The van der Waals surface area contributed by atoms with Crippen molar-refractivity contribution in [3.05, 3.63) is 34.3 Å². The van der Waals surface area contributed by atoms with Gasteiger partial charge in [0.05, 0.1) is 10.6 Å². The topological polar surface area (TPSA) is 56.0 Å². The van der Waals surface area contributed by atoms with E-state index in [2.05, 4.69) is 5.32 Å². The predicted molar refractivity (Wildman–Crippen MR) is 81.8 cm³/mol. The van der Waals surface area contributed by atoms with Crippen LogP contribution in [0.5, 0.6) is 0 Å². The van der Waals surface area contributed by atoms with Gasteiger partial charge in [-0.1, -0.05) is 23.7 Å². The van der Waals surface area contributed by atoms with Gasteiger partial charge >= 0.3 is 0 Å². The van der Waals surface area contributed by atoms with Crippen molar-refractivity contribution in [2.45, 2.75) is 29.9 Å². The number of nitrogens with zero attached hydrogens (tertiary/aromatic N) is 1. The molecular weight excluding hydrogens is 363 g/mol. The molecule has 0 aliphatic heterocycles. The van der Waals surface area contributed by atoms with E-state index in [9.17, 15) is 5.11 Å². The molecule has 1 aromatic rings. The van der Waals surface area contributed by atoms with E-state index in [1.54, 1.807) is 18.2 Å². The molecule has 0 radical (unpaired) electrons. The lowest BCUT2D eigenvalue weighted by Gasteiger charge is -2.29. The van der Waals surface area contributed by atoms with Gasteiger partial charge in [0.1, 0.15) is 6.07 Å². The first-order chi connectivity index (χ1) is 8.17. The molecule has 0 aliphatic rings. The second-order valence-electron chi connectivity index (χ2n) is 5.14. The molecular formula is C13H16ClIN2O. The van der Waals surface area contributed by atoms with E-state index in [1.165, 1.54) is 0 Å². The molecule has 0 amide bonds. The molecule has 0 aliphatic carbocycles. The maximum atomic E-state index is 10.5. The fourth-order valence-corrected chi connectivity index (χ4v) is 2.52. The van der Waals surface area contributed by atoms with Crippen LogP contribution in [0, 0.1) is 11.3 Å². The van der Waals surface area contributed by atoms with Crippen LogP contribution in [-0.2, 0) is 3.61 Å². The highest BCUT2D eigenvalue weighted by molar-refractivity contribution is 14.1. The molecule has 0 saturated heterocycles. The Labute approximate surface area is 126 Å². The molecule has 0 aromatic heterocycles. The zero-order valence-corrected chi connectivity index (χ0v) is 13.5. The van der Waals surface area contributed by atoms with Crippen LogP contribution in [0.25, 0.3) is 0 Å². The van der Waals surface area contributed by atoms with Gasteiger partial charge in [0.15, 0.2) is 3.61 Å². The van der Waals surface area contributed by atoms with Gasteiger partial charge in [-0.15, -0.1) is 0 Å². The summed E-state index contributed by atoms with van der Waals surface area (Å²) < 4.78 is -1.14. The number of hydrogen-bond donors (Lipinski definition) is 2. The Bertz CT molecular complexity index is 475. The van der Waals surface area contributed by atoms with Gasteiger partial charge in [0.25, 0.3) is 0 Å². The normalized spacial score (nSPS) is 14.9. The van der Waals surface area contributed by atoms with Crippen molar-refractivity contribution in [3.63, 3.8) is 0 Å². The maximum absolute atomic E-state index is 10.5. The molecule has 3 nitrogen and oxygen atoms in total. The third kappa shape index (κ3) is 4.09. The van der Waals surface area contributed by atoms with Crippen LogP contribution in [0.2, 0.25) is 5.02 Å². The molecule has 5 heteroatoms. The van der Waals surface area contributed by atoms with Crippen LogP contribution in [0.15, 0.2) is 18.2 Å². The fraction of sp³-hybridized carbons (Fsp3) is 0.462. The van der Waals surface area contributed by atoms with Crippen LogP contribution in [0.1, 0.15) is 31.9 Å². The third-order valence-corrected chi connectivity index (χ3v) is 3.75. The van der Waals surface area contributed by atoms with E-state index >= 15 is 0 Å². The Balaban J connectivity index is 3.02. The summed E-state index contributed by atoms with van der Waals surface area (Å²) >= 11 is 8.07. The first kappa shape index (κ1) is 15.7. The minimum Gasteiger partial charge on any atom is -0.374 e. The van der Waals surface area contributed by atoms with Crippen molar-refractivity contribution in [1.29, 1.82) is 5.26 Å². The van der Waals surface area contributed by atoms with E-state index in [1.807, 2.05) is 49.4 Å². The quantitative estimate of drug-likeness (QED) is 0.627. The Morgan fingerprint density at radius 1 is 1.44 bits per heavy atom. The van der Waals surface area contributed by atoms with Crippen LogP contribution in [-0.4, -0.2) is 17.2 Å². The molecule has 0 spiro atoms. The minimum absolute atomic E-state index is 0.0987. The Morgan fingerprint density at radius 3 is 2.56 bits per heavy atom. The largest absolute Gasteiger partial charge is 0.374 e. The SMILES string of the molecule is CC(C)(C)NCC(O)(I)c1cccc(C#N)c1Cl. The van der Waals surface area contributed by atoms with Gasteiger partial charge in [0.2, 0.25) is 0 Å². The van der Waals surface area contributed by atoms with Crippen LogP contribution >= 0.6 is 34.2 Å². The molecule has 18 heavy (non-hydrogen) atoms. The minimum atomic E-state index is -1.14. The molecule has 1 aromatic carbocycles. The van der Waals surface area contributed by atoms with Crippen molar-refractivity contribution >= 4 is 34.2 Å². The summed E-state index contributed by atoms with van der Waals surface area (Å²) in [7, 11) is 0. The summed E-state index contributed by atoms with van der Waals surface area (Å²) in [5, 5.41) is 23.0. The van der Waals surface area contributed by atoms with Gasteiger partial charge in [-0.3, -0.25) is 0 Å². The summed E-state index contributed by atoms with van der Waals surface area (Å²) in [4.78, 5) is 0. The highest BCUT2D eigenvalue weighted by Crippen LogP contribution is 2.35. The summed E-state index contributed by atoms with van der Waals surface area (Å²) in [6, 6.07) is 7.11. The summed E-state index contributed by atoms with van der Waals surface area (Å²) in [6.45, 7) is 6.42. The predicted octanol–water partition coefficient (Wildman–Crippen LogP) is 3.18. The lowest BCUT2D eigenvalue weighted by molar-refractivity contribution is 0.144. The van der Waals surface area contributed by atoms with Gasteiger partial charge in [0, 0.05) is 17.6 Å². The fourth-order valence-electron chi connectivity index (χ4n) is 1.39. The van der Waals surface area contributed by atoms with Crippen molar-refractivity contribution in [2.24, 2.45) is 0 Å². The van der Waals surface area contributed by atoms with E-state index in [4.69, 9.17) is 16.9 Å². The summed E-state index contributed by atoms with van der Waals surface area (Å²) in [5.41, 5.74) is 0.832. The first-order valence-electron chi connectivity index (χ1n) is 5.53. The van der Waals surface area contributed by atoms with Crippen LogP contribution < -0.4 is 5.32 Å². The average Bonchev–Trinajstić information content (AvgIpc) is 2.26. The van der Waals surface area contributed by atoms with Crippen molar-refractivity contribution < 1.29 is 5.11 Å². The molecule has 1 rings (SSSR count). The molecule has 0 bridgehead atoms. The number of nitriles is 1. The summed E-state index contributed by atoms with van der Waals surface area (Å²) in [5.74, 6) is 0. The van der Waals surface area contributed by atoms with Gasteiger partial charge in [-0.05, 0) is 49.4 Å². The van der Waals surface area contributed by atoms with Crippen molar-refractivity contribution in [1.82, 2.24) is 5.32 Å². The number of alkyl halides is 1. The zero-order chi connectivity index (χ0) is 14.0. The number of hydrogen-bond acceptors (Lipinski definition) is 3. The third-order valence-electron chi connectivity index (χ3n) is 2.38. The summed E-state index contributed by atoms with van der Waals surface area (Å²) in [6.07, 6.45) is 0. The van der Waals surface area contributed by atoms with Gasteiger partial charge < -0.3 is 10.4 Å². The lowest BCUT2D eigenvalue weighted by atomic mass is 10.0. The Hall–Kier alpha value is -0.350. The smallest absolute Gasteiger partial charge is 0.154 e. The highest BCUT2D eigenvalue weighted by Gasteiger charge is 2.30. The van der Waals surface area contributed by atoms with E-state index in [0.29, 0.717) is 22.7 Å². The molecule has 1 atom stereocenters. The monoisotopic (exact) mass is 378 g/mol. The molecule has 2 N–H and O–H groups in total. The highest BCUT2D eigenvalue weighted by atomic mass is 127. The molecule has 0 fully saturated rings. The van der Waals surface area contributed by atoms with Crippen LogP contribution in [0.4, 0.5) is 0 Å². The second-order valence-corrected chi connectivity index (χ2v) is 7.30. The lowest BCUT2D eigenvalue weighted by Crippen LogP contribution is -2.43. The standard InChI is InChI=1S/C13H16ClIN2O/c1-12(2,3)17-8-13(15,18)10-6-4-5-9(7-16)11(10)14/h4-6,17-18H,8H2,1-3H3. The number of rotatable bonds is 3. The molecule has 0 heterocycles. The Morgan fingerprint density at radius 2 is 2.06 bits per heavy atom. The van der Waals surface area contributed by atoms with Crippen molar-refractivity contribution in [2.75, 3.05) is 6.54 Å². The number of aliphatic hydroxyl groups is 1. The van der Waals surface area contributed by atoms with Gasteiger partial charge in [-0.2, -0.15) is 5.26 Å². The maximum Gasteiger partial charge on any atom is 0.154 e. The molecule has 98 valence electrons.